The van der Waals surface area contributed by atoms with Gasteiger partial charge >= 0.3 is 0 Å². The third kappa shape index (κ3) is 6.00. The van der Waals surface area contributed by atoms with Crippen LogP contribution in [0, 0.1) is 21.0 Å². The van der Waals surface area contributed by atoms with Crippen LogP contribution in [-0.2, 0) is 16.3 Å². The molecule has 2 aromatic carbocycles. The van der Waals surface area contributed by atoms with Crippen molar-refractivity contribution >= 4 is 55.6 Å². The molecule has 7 nitrogen and oxygen atoms in total. The van der Waals surface area contributed by atoms with E-state index in [9.17, 15) is 22.2 Å². The van der Waals surface area contributed by atoms with Crippen molar-refractivity contribution in [1.29, 1.82) is 0 Å². The number of anilines is 2. The fourth-order valence-electron chi connectivity index (χ4n) is 2.91. The Morgan fingerprint density at radius 3 is 2.55 bits per heavy atom. The summed E-state index contributed by atoms with van der Waals surface area (Å²) in [5.74, 6) is -4.18. The average Bonchev–Trinajstić information content (AvgIpc) is 2.74. The third-order valence-corrected chi connectivity index (χ3v) is 6.55. The van der Waals surface area contributed by atoms with Crippen LogP contribution in [0.15, 0.2) is 47.0 Å². The number of carbonyl (C=O) groups is 1. The molecule has 1 heterocycles. The number of amides is 1. The molecule has 3 rings (SSSR count). The first-order chi connectivity index (χ1) is 15.5. The minimum Gasteiger partial charge on any atom is -0.366 e. The Balaban J connectivity index is 2.03. The van der Waals surface area contributed by atoms with E-state index < -0.39 is 39.0 Å². The van der Waals surface area contributed by atoms with E-state index in [1.54, 1.807) is 12.1 Å². The summed E-state index contributed by atoms with van der Waals surface area (Å²) in [5, 5.41) is 2.43. The van der Waals surface area contributed by atoms with Crippen molar-refractivity contribution < 1.29 is 22.2 Å². The minimum absolute atomic E-state index is 0.128. The zero-order valence-electron chi connectivity index (χ0n) is 17.5. The van der Waals surface area contributed by atoms with Crippen molar-refractivity contribution in [2.45, 2.75) is 6.42 Å². The van der Waals surface area contributed by atoms with Gasteiger partial charge in [-0.2, -0.15) is 4.36 Å². The van der Waals surface area contributed by atoms with Gasteiger partial charge in [0.2, 0.25) is 0 Å². The van der Waals surface area contributed by atoms with E-state index in [0.29, 0.717) is 9.13 Å². The Morgan fingerprint density at radius 1 is 1.18 bits per heavy atom. The highest BCUT2D eigenvalue weighted by Gasteiger charge is 2.22. The van der Waals surface area contributed by atoms with Crippen LogP contribution in [-0.4, -0.2) is 28.4 Å². The molecule has 3 aromatic rings. The molecule has 0 aliphatic carbocycles. The molecule has 0 radical (unpaired) electrons. The van der Waals surface area contributed by atoms with Crippen LogP contribution in [0.4, 0.5) is 30.4 Å². The van der Waals surface area contributed by atoms with E-state index in [1.807, 2.05) is 22.6 Å². The summed E-state index contributed by atoms with van der Waals surface area (Å²) in [6, 6.07) is 8.23. The lowest BCUT2D eigenvalue weighted by atomic mass is 10.00. The predicted octanol–water partition coefficient (Wildman–Crippen LogP) is 4.40. The first-order valence-corrected chi connectivity index (χ1v) is 12.4. The second-order valence-electron chi connectivity index (χ2n) is 7.00. The number of nitrogens with one attached hydrogen (secondary N) is 2. The largest absolute Gasteiger partial charge is 0.366 e. The van der Waals surface area contributed by atoms with Gasteiger partial charge in [-0.05, 0) is 77.2 Å². The number of hydrogen-bond acceptors (Lipinski definition) is 5. The quantitative estimate of drug-likeness (QED) is 0.355. The van der Waals surface area contributed by atoms with Crippen LogP contribution in [0.2, 0.25) is 0 Å². The highest BCUT2D eigenvalue weighted by atomic mass is 127. The fourth-order valence-corrected chi connectivity index (χ4v) is 3.92. The molecule has 12 heteroatoms. The SMILES string of the molecule is CNS(C)(=O)=Nc1cc(Cc2cc(C(N)=O)c(Nc3ccc(I)cc3F)c(F)c2F)ccn1. The number of primary amides is 1. The highest BCUT2D eigenvalue weighted by molar-refractivity contribution is 14.1. The molecule has 1 amide bonds. The van der Waals surface area contributed by atoms with Gasteiger partial charge < -0.3 is 11.1 Å². The number of hydrogen-bond donors (Lipinski definition) is 3. The lowest BCUT2D eigenvalue weighted by molar-refractivity contribution is 0.100. The summed E-state index contributed by atoms with van der Waals surface area (Å²) >= 11 is 1.90. The van der Waals surface area contributed by atoms with Crippen molar-refractivity contribution in [3.8, 4) is 0 Å². The molecule has 4 N–H and O–H groups in total. The van der Waals surface area contributed by atoms with Gasteiger partial charge in [0, 0.05) is 22.4 Å². The molecule has 0 bridgehead atoms. The van der Waals surface area contributed by atoms with E-state index in [-0.39, 0.29) is 29.1 Å². The number of nitrogens with two attached hydrogens (primary N) is 1. The van der Waals surface area contributed by atoms with Crippen molar-refractivity contribution in [3.05, 3.63) is 80.3 Å². The summed E-state index contributed by atoms with van der Waals surface area (Å²) in [4.78, 5) is 16.0. The summed E-state index contributed by atoms with van der Waals surface area (Å²) < 4.78 is 63.4. The van der Waals surface area contributed by atoms with E-state index >= 15 is 0 Å². The number of halogens is 4. The van der Waals surface area contributed by atoms with Crippen LogP contribution in [0.25, 0.3) is 0 Å². The second-order valence-corrected chi connectivity index (χ2v) is 10.4. The van der Waals surface area contributed by atoms with Gasteiger partial charge in [-0.3, -0.25) is 4.79 Å². The Kier molecular flexibility index (Phi) is 7.59. The Hall–Kier alpha value is -2.71. The first-order valence-electron chi connectivity index (χ1n) is 9.39. The molecule has 0 fully saturated rings. The normalized spacial score (nSPS) is 12.8. The lowest BCUT2D eigenvalue weighted by Gasteiger charge is -2.15. The maximum absolute atomic E-state index is 15.0. The molecule has 0 saturated carbocycles. The number of aromatic nitrogens is 1. The molecule has 0 spiro atoms. The summed E-state index contributed by atoms with van der Waals surface area (Å²) in [6.07, 6.45) is 2.65. The summed E-state index contributed by atoms with van der Waals surface area (Å²) in [5.41, 5.74) is 4.68. The van der Waals surface area contributed by atoms with E-state index in [4.69, 9.17) is 5.73 Å². The van der Waals surface area contributed by atoms with Crippen LogP contribution in [0.1, 0.15) is 21.5 Å². The number of carbonyl (C=O) groups excluding carboxylic acids is 1. The van der Waals surface area contributed by atoms with Gasteiger partial charge in [-0.25, -0.2) is 27.1 Å². The smallest absolute Gasteiger partial charge is 0.250 e. The number of rotatable bonds is 7. The van der Waals surface area contributed by atoms with Gasteiger partial charge in [0.25, 0.3) is 5.91 Å². The topological polar surface area (TPSA) is 109 Å². The summed E-state index contributed by atoms with van der Waals surface area (Å²) in [6.45, 7) is 0. The minimum atomic E-state index is -2.71. The zero-order valence-corrected chi connectivity index (χ0v) is 20.4. The monoisotopic (exact) mass is 589 g/mol. The predicted molar refractivity (Wildman–Crippen MR) is 130 cm³/mol. The maximum atomic E-state index is 15.0. The molecule has 1 atom stereocenters. The molecule has 0 aliphatic rings. The van der Waals surface area contributed by atoms with Gasteiger partial charge in [-0.1, -0.05) is 0 Å². The van der Waals surface area contributed by atoms with E-state index in [2.05, 4.69) is 19.4 Å². The molecule has 1 unspecified atom stereocenters. The zero-order chi connectivity index (χ0) is 24.3. The second kappa shape index (κ2) is 10.1. The van der Waals surface area contributed by atoms with E-state index in [1.165, 1.54) is 37.7 Å². The van der Waals surface area contributed by atoms with Crippen molar-refractivity contribution in [3.63, 3.8) is 0 Å². The molecule has 0 saturated heterocycles. The Morgan fingerprint density at radius 2 is 1.91 bits per heavy atom. The first kappa shape index (κ1) is 24.9. The molecular weight excluding hydrogens is 570 g/mol. The number of benzene rings is 2. The molecule has 33 heavy (non-hydrogen) atoms. The van der Waals surface area contributed by atoms with Crippen molar-refractivity contribution in [1.82, 2.24) is 9.71 Å². The number of nitrogens with zero attached hydrogens (tertiary/aromatic N) is 2. The number of pyridine rings is 1. The molecule has 174 valence electrons. The van der Waals surface area contributed by atoms with Crippen LogP contribution >= 0.6 is 22.6 Å². The summed E-state index contributed by atoms with van der Waals surface area (Å²) in [7, 11) is -1.23. The van der Waals surface area contributed by atoms with Crippen LogP contribution < -0.4 is 15.8 Å². The fraction of sp³-hybridized carbons (Fsp3) is 0.143. The van der Waals surface area contributed by atoms with E-state index in [0.717, 1.165) is 6.07 Å². The average molecular weight is 589 g/mol. The van der Waals surface area contributed by atoms with Crippen molar-refractivity contribution in [2.75, 3.05) is 18.6 Å². The van der Waals surface area contributed by atoms with Crippen molar-refractivity contribution in [2.24, 2.45) is 10.1 Å². The lowest BCUT2D eigenvalue weighted by Crippen LogP contribution is -2.17. The highest BCUT2D eigenvalue weighted by Crippen LogP contribution is 2.31. The van der Waals surface area contributed by atoms with Gasteiger partial charge in [0.1, 0.15) is 15.7 Å². The molecule has 1 aromatic heterocycles. The van der Waals surface area contributed by atoms with Gasteiger partial charge in [0.05, 0.1) is 16.9 Å². The Labute approximate surface area is 202 Å². The molecule has 0 aliphatic heterocycles. The standard InChI is InChI=1S/C21H19F3IN5O2S/c1-27-33(2,32)30-17-8-11(5-6-28-17)7-12-9-14(21(26)31)20(19(24)18(12)23)29-16-4-3-13(25)10-15(16)22/h3-6,8-10,29H,7H2,1-2H3,(H2,26,31)(H,27,28,30,32). The van der Waals surface area contributed by atoms with Gasteiger partial charge in [0.15, 0.2) is 17.5 Å². The van der Waals surface area contributed by atoms with Crippen LogP contribution in [0.5, 0.6) is 0 Å². The van der Waals surface area contributed by atoms with Gasteiger partial charge in [-0.15, -0.1) is 0 Å². The maximum Gasteiger partial charge on any atom is 0.250 e. The molecular formula is C21H19F3IN5O2S. The Bertz CT molecular complexity index is 1360. The van der Waals surface area contributed by atoms with Crippen LogP contribution in [0.3, 0.4) is 0 Å². The third-order valence-electron chi connectivity index (χ3n) is 4.59.